The van der Waals surface area contributed by atoms with Gasteiger partial charge in [0, 0.05) is 31.4 Å². The number of anilines is 4. The van der Waals surface area contributed by atoms with Gasteiger partial charge >= 0.3 is 0 Å². The molecule has 0 saturated heterocycles. The topological polar surface area (TPSA) is 64.7 Å². The lowest BCUT2D eigenvalue weighted by atomic mass is 9.98. The summed E-state index contributed by atoms with van der Waals surface area (Å²) < 4.78 is 1.89. The second-order valence-electron chi connectivity index (χ2n) is 14.1. The highest BCUT2D eigenvalue weighted by Crippen LogP contribution is 2.41. The van der Waals surface area contributed by atoms with Gasteiger partial charge in [0.05, 0.1) is 16.8 Å². The van der Waals surface area contributed by atoms with Crippen LogP contribution in [-0.4, -0.2) is 11.8 Å². The molecule has 0 aromatic heterocycles. The first-order valence-electron chi connectivity index (χ1n) is 20.0. The maximum atomic E-state index is 13.6. The van der Waals surface area contributed by atoms with Gasteiger partial charge in [-0.3, -0.25) is 19.4 Å². The van der Waals surface area contributed by atoms with Gasteiger partial charge in [0.1, 0.15) is 12.3 Å². The molecule has 10 rings (SSSR count). The summed E-state index contributed by atoms with van der Waals surface area (Å²) in [6.07, 6.45) is -0.599. The number of amides is 2. The quantitative estimate of drug-likeness (QED) is 0.181. The van der Waals surface area contributed by atoms with E-state index >= 15 is 0 Å². The smallest absolute Gasteiger partial charge is 0.262 e. The molecule has 2 aliphatic rings. The highest BCUT2D eigenvalue weighted by atomic mass is 79.9. The van der Waals surface area contributed by atoms with E-state index in [2.05, 4.69) is 85.0 Å². The third-order valence-electron chi connectivity index (χ3n) is 10.5. The Morgan fingerprint density at radius 2 is 1.00 bits per heavy atom. The minimum atomic E-state index is -0.308. The van der Waals surface area contributed by atoms with Crippen LogP contribution in [-0.2, 0) is 0 Å². The molecule has 2 N–H and O–H groups in total. The van der Waals surface area contributed by atoms with Crippen molar-refractivity contribution in [1.29, 1.82) is 0 Å². The van der Waals surface area contributed by atoms with E-state index in [1.165, 1.54) is 0 Å². The van der Waals surface area contributed by atoms with Gasteiger partial charge in [-0.25, -0.2) is 0 Å². The van der Waals surface area contributed by atoms with Crippen LogP contribution in [0.15, 0.2) is 203 Å². The first kappa shape index (κ1) is 40.3. The van der Waals surface area contributed by atoms with Crippen molar-refractivity contribution in [2.45, 2.75) is 26.2 Å². The van der Waals surface area contributed by atoms with Gasteiger partial charge in [0.2, 0.25) is 0 Å². The highest BCUT2D eigenvalue weighted by molar-refractivity contribution is 9.10. The lowest BCUT2D eigenvalue weighted by Gasteiger charge is -2.38. The second-order valence-corrected chi connectivity index (χ2v) is 15.9. The zero-order valence-electron chi connectivity index (χ0n) is 33.1. The SMILES string of the molecule is CC.O=C1c2cc(Br)ccc2NC(c2cccc(-c3ccccc3)c2)N1c1ccccc1.O=C1c2ccc3ccccc3c2NC(c2ccc(Br)cc2)N1c1ccccc1. The van der Waals surface area contributed by atoms with E-state index in [9.17, 15) is 9.59 Å². The van der Waals surface area contributed by atoms with E-state index in [1.54, 1.807) is 0 Å². The fourth-order valence-corrected chi connectivity index (χ4v) is 8.30. The van der Waals surface area contributed by atoms with Crippen LogP contribution < -0.4 is 20.4 Å². The molecule has 2 aliphatic heterocycles. The Hall–Kier alpha value is -6.48. The Morgan fingerprint density at radius 1 is 0.450 bits per heavy atom. The van der Waals surface area contributed by atoms with Crippen molar-refractivity contribution in [3.63, 3.8) is 0 Å². The van der Waals surface area contributed by atoms with Gasteiger partial charge in [-0.2, -0.15) is 0 Å². The number of hydrogen-bond donors (Lipinski definition) is 2. The number of nitrogens with zero attached hydrogens (tertiary/aromatic N) is 2. The molecule has 296 valence electrons. The van der Waals surface area contributed by atoms with Gasteiger partial charge in [0.15, 0.2) is 0 Å². The molecule has 0 aliphatic carbocycles. The summed E-state index contributed by atoms with van der Waals surface area (Å²) in [4.78, 5) is 30.8. The third-order valence-corrected chi connectivity index (χ3v) is 11.5. The Kier molecular flexibility index (Phi) is 12.2. The average Bonchev–Trinajstić information content (AvgIpc) is 3.31. The molecule has 60 heavy (non-hydrogen) atoms. The summed E-state index contributed by atoms with van der Waals surface area (Å²) >= 11 is 6.99. The molecule has 2 amide bonds. The predicted octanol–water partition coefficient (Wildman–Crippen LogP) is 14.3. The van der Waals surface area contributed by atoms with Crippen LogP contribution >= 0.6 is 31.9 Å². The molecule has 6 nitrogen and oxygen atoms in total. The molecule has 0 bridgehead atoms. The monoisotopic (exact) mass is 912 g/mol. The van der Waals surface area contributed by atoms with Crippen molar-refractivity contribution in [2.75, 3.05) is 20.4 Å². The fraction of sp³-hybridized carbons (Fsp3) is 0.0769. The van der Waals surface area contributed by atoms with E-state index in [0.717, 1.165) is 64.7 Å². The molecule has 0 saturated carbocycles. The van der Waals surface area contributed by atoms with Crippen LogP contribution in [0.3, 0.4) is 0 Å². The summed E-state index contributed by atoms with van der Waals surface area (Å²) in [5.74, 6) is -0.0232. The number of hydrogen-bond acceptors (Lipinski definition) is 4. The molecule has 8 heteroatoms. The van der Waals surface area contributed by atoms with E-state index in [0.29, 0.717) is 11.1 Å². The number of carbonyl (C=O) groups is 2. The van der Waals surface area contributed by atoms with E-state index in [1.807, 2.05) is 175 Å². The number of carbonyl (C=O) groups excluding carboxylic acids is 2. The minimum Gasteiger partial charge on any atom is -0.360 e. The van der Waals surface area contributed by atoms with Crippen molar-refractivity contribution in [2.24, 2.45) is 0 Å². The summed E-state index contributed by atoms with van der Waals surface area (Å²) in [6.45, 7) is 4.00. The molecule has 0 radical (unpaired) electrons. The lowest BCUT2D eigenvalue weighted by Crippen LogP contribution is -2.43. The van der Waals surface area contributed by atoms with Crippen LogP contribution in [0.25, 0.3) is 21.9 Å². The Bertz CT molecular complexity index is 2770. The first-order chi connectivity index (χ1) is 29.4. The van der Waals surface area contributed by atoms with Crippen molar-refractivity contribution in [3.05, 3.63) is 225 Å². The van der Waals surface area contributed by atoms with Gasteiger partial charge in [-0.1, -0.05) is 173 Å². The standard InChI is InChI=1S/C26H19BrN2O.C24H17BrN2O.C2H6/c27-21-14-15-24-23(17-21)26(30)29(22-12-5-2-6-13-22)25(28-24)20-11-7-10-19(16-20)18-8-3-1-4-9-18;25-18-13-10-17(11-14-18)23-26-22-20-9-5-4-6-16(20)12-15-21(22)24(28)27(23)19-7-2-1-3-8-19;1-2/h1-17,25,28H;1-15,23,26H;1-2H3. The average molecular weight is 915 g/mol. The number of rotatable bonds is 5. The van der Waals surface area contributed by atoms with Crippen molar-refractivity contribution >= 4 is 77.2 Å². The fourth-order valence-electron chi connectivity index (χ4n) is 7.67. The normalized spacial score (nSPS) is 15.3. The Balaban J connectivity index is 0.000000160. The summed E-state index contributed by atoms with van der Waals surface area (Å²) in [7, 11) is 0. The lowest BCUT2D eigenvalue weighted by molar-refractivity contribution is 0.0967. The number of fused-ring (bicyclic) bond motifs is 4. The summed E-state index contributed by atoms with van der Waals surface area (Å²) in [5.41, 5.74) is 9.13. The Labute approximate surface area is 367 Å². The number of halogens is 2. The zero-order valence-corrected chi connectivity index (χ0v) is 36.3. The maximum absolute atomic E-state index is 13.6. The molecular weight excluding hydrogens is 872 g/mol. The summed E-state index contributed by atoms with van der Waals surface area (Å²) in [5, 5.41) is 9.40. The third kappa shape index (κ3) is 8.21. The minimum absolute atomic E-state index is 0.00128. The molecule has 0 fully saturated rings. The molecule has 8 aromatic carbocycles. The van der Waals surface area contributed by atoms with Crippen molar-refractivity contribution in [1.82, 2.24) is 0 Å². The van der Waals surface area contributed by atoms with Crippen LogP contribution in [0.1, 0.15) is 58.0 Å². The van der Waals surface area contributed by atoms with Crippen LogP contribution in [0, 0.1) is 0 Å². The van der Waals surface area contributed by atoms with E-state index in [4.69, 9.17) is 0 Å². The largest absolute Gasteiger partial charge is 0.360 e. The zero-order chi connectivity index (χ0) is 41.6. The van der Waals surface area contributed by atoms with Crippen LogP contribution in [0.2, 0.25) is 0 Å². The van der Waals surface area contributed by atoms with Gasteiger partial charge < -0.3 is 10.6 Å². The van der Waals surface area contributed by atoms with Gasteiger partial charge in [-0.05, 0) is 94.4 Å². The molecule has 2 heterocycles. The summed E-state index contributed by atoms with van der Waals surface area (Å²) in [6, 6.07) is 64.2. The first-order valence-corrected chi connectivity index (χ1v) is 21.5. The maximum Gasteiger partial charge on any atom is 0.262 e. The van der Waals surface area contributed by atoms with E-state index in [-0.39, 0.29) is 24.1 Å². The number of benzene rings is 8. The molecule has 2 unspecified atom stereocenters. The van der Waals surface area contributed by atoms with E-state index < -0.39 is 0 Å². The number of nitrogens with one attached hydrogen (secondary N) is 2. The second kappa shape index (κ2) is 18.2. The molecule has 2 atom stereocenters. The van der Waals surface area contributed by atoms with Gasteiger partial charge in [0.25, 0.3) is 11.8 Å². The van der Waals surface area contributed by atoms with Crippen LogP contribution in [0.5, 0.6) is 0 Å². The van der Waals surface area contributed by atoms with Crippen LogP contribution in [0.4, 0.5) is 22.7 Å². The highest BCUT2D eigenvalue weighted by Gasteiger charge is 2.36. The molecular formula is C52H42Br2N4O2. The molecule has 8 aromatic rings. The van der Waals surface area contributed by atoms with Crippen molar-refractivity contribution in [3.8, 4) is 11.1 Å². The number of para-hydroxylation sites is 2. The predicted molar refractivity (Wildman–Crippen MR) is 255 cm³/mol. The van der Waals surface area contributed by atoms with Gasteiger partial charge in [-0.15, -0.1) is 0 Å². The van der Waals surface area contributed by atoms with Crippen molar-refractivity contribution < 1.29 is 9.59 Å². The Morgan fingerprint density at radius 3 is 1.67 bits per heavy atom. The molecule has 0 spiro atoms.